The number of hydrogen-bond acceptors (Lipinski definition) is 3. The molecule has 0 spiro atoms. The number of carbonyl (C=O) groups excluding carboxylic acids is 1. The Morgan fingerprint density at radius 3 is 2.78 bits per heavy atom. The van der Waals surface area contributed by atoms with Crippen molar-refractivity contribution in [3.8, 4) is 6.07 Å². The predicted molar refractivity (Wildman–Crippen MR) is 72.2 cm³/mol. The van der Waals surface area contributed by atoms with Gasteiger partial charge >= 0.3 is 0 Å². The van der Waals surface area contributed by atoms with Crippen LogP contribution in [0.15, 0.2) is 24.3 Å². The molecule has 0 fully saturated rings. The van der Waals surface area contributed by atoms with Gasteiger partial charge in [0.05, 0.1) is 11.3 Å². The number of benzene rings is 1. The van der Waals surface area contributed by atoms with E-state index in [1.54, 1.807) is 24.3 Å². The van der Waals surface area contributed by atoms with Gasteiger partial charge in [-0.25, -0.2) is 0 Å². The Balaban J connectivity index is 2.38. The minimum Gasteiger partial charge on any atom is -0.325 e. The summed E-state index contributed by atoms with van der Waals surface area (Å²) in [6, 6.07) is 9.50. The van der Waals surface area contributed by atoms with Gasteiger partial charge in [-0.05, 0) is 25.1 Å². The van der Waals surface area contributed by atoms with Crippen LogP contribution in [0.1, 0.15) is 32.3 Å². The molecule has 0 aliphatic heterocycles. The third-order valence-electron chi connectivity index (χ3n) is 2.45. The van der Waals surface area contributed by atoms with Crippen molar-refractivity contribution in [2.75, 3.05) is 11.9 Å². The highest BCUT2D eigenvalue weighted by molar-refractivity contribution is 5.92. The van der Waals surface area contributed by atoms with Crippen molar-refractivity contribution in [2.45, 2.75) is 32.7 Å². The molecule has 0 atom stereocenters. The molecule has 0 radical (unpaired) electrons. The van der Waals surface area contributed by atoms with Crippen LogP contribution in [-0.4, -0.2) is 18.5 Å². The Kier molecular flexibility index (Phi) is 5.89. The van der Waals surface area contributed by atoms with Gasteiger partial charge in [-0.1, -0.05) is 26.0 Å². The molecular weight excluding hydrogens is 226 g/mol. The zero-order chi connectivity index (χ0) is 13.4. The van der Waals surface area contributed by atoms with Crippen LogP contribution < -0.4 is 10.6 Å². The Bertz CT molecular complexity index is 435. The molecule has 0 aliphatic rings. The van der Waals surface area contributed by atoms with Crippen LogP contribution in [0.4, 0.5) is 5.69 Å². The third kappa shape index (κ3) is 4.98. The maximum absolute atomic E-state index is 11.7. The summed E-state index contributed by atoms with van der Waals surface area (Å²) in [6.45, 7) is 4.97. The fourth-order valence-electron chi connectivity index (χ4n) is 1.54. The maximum Gasteiger partial charge on any atom is 0.224 e. The van der Waals surface area contributed by atoms with E-state index in [1.165, 1.54) is 0 Å². The van der Waals surface area contributed by atoms with Crippen LogP contribution >= 0.6 is 0 Å². The second-order valence-corrected chi connectivity index (χ2v) is 4.42. The Morgan fingerprint density at radius 2 is 2.11 bits per heavy atom. The van der Waals surface area contributed by atoms with Crippen LogP contribution in [0.25, 0.3) is 0 Å². The SMILES string of the molecule is CC(C)NCCCC(=O)Nc1ccccc1C#N. The van der Waals surface area contributed by atoms with Crippen LogP contribution in [-0.2, 0) is 4.79 Å². The fraction of sp³-hybridized carbons (Fsp3) is 0.429. The number of anilines is 1. The summed E-state index contributed by atoms with van der Waals surface area (Å²) in [5.74, 6) is -0.0525. The molecule has 1 amide bonds. The van der Waals surface area contributed by atoms with Gasteiger partial charge in [0, 0.05) is 12.5 Å². The fourth-order valence-corrected chi connectivity index (χ4v) is 1.54. The van der Waals surface area contributed by atoms with Crippen molar-refractivity contribution in [1.82, 2.24) is 5.32 Å². The Hall–Kier alpha value is -1.86. The zero-order valence-corrected chi connectivity index (χ0v) is 10.9. The number of carbonyl (C=O) groups is 1. The quantitative estimate of drug-likeness (QED) is 0.756. The molecule has 1 aromatic carbocycles. The number of amides is 1. The third-order valence-corrected chi connectivity index (χ3v) is 2.45. The molecule has 96 valence electrons. The Labute approximate surface area is 108 Å². The minimum absolute atomic E-state index is 0.0525. The Morgan fingerprint density at radius 1 is 1.39 bits per heavy atom. The molecule has 1 rings (SSSR count). The van der Waals surface area contributed by atoms with E-state index in [-0.39, 0.29) is 5.91 Å². The van der Waals surface area contributed by atoms with E-state index < -0.39 is 0 Å². The van der Waals surface area contributed by atoms with Gasteiger partial charge in [-0.3, -0.25) is 4.79 Å². The smallest absolute Gasteiger partial charge is 0.224 e. The highest BCUT2D eigenvalue weighted by Gasteiger charge is 2.05. The van der Waals surface area contributed by atoms with Gasteiger partial charge < -0.3 is 10.6 Å². The minimum atomic E-state index is -0.0525. The van der Waals surface area contributed by atoms with E-state index in [9.17, 15) is 4.79 Å². The first-order chi connectivity index (χ1) is 8.63. The molecule has 0 saturated heterocycles. The molecule has 4 nitrogen and oxygen atoms in total. The van der Waals surface area contributed by atoms with E-state index in [1.807, 2.05) is 0 Å². The topological polar surface area (TPSA) is 64.9 Å². The summed E-state index contributed by atoms with van der Waals surface area (Å²) in [6.07, 6.45) is 1.25. The second-order valence-electron chi connectivity index (χ2n) is 4.42. The van der Waals surface area contributed by atoms with Crippen molar-refractivity contribution in [2.24, 2.45) is 0 Å². The summed E-state index contributed by atoms with van der Waals surface area (Å²) < 4.78 is 0. The lowest BCUT2D eigenvalue weighted by molar-refractivity contribution is -0.116. The first kappa shape index (κ1) is 14.2. The molecule has 1 aromatic rings. The van der Waals surface area contributed by atoms with Gasteiger partial charge in [-0.2, -0.15) is 5.26 Å². The van der Waals surface area contributed by atoms with E-state index in [0.717, 1.165) is 13.0 Å². The number of nitrogens with zero attached hydrogens (tertiary/aromatic N) is 1. The molecule has 0 unspecified atom stereocenters. The highest BCUT2D eigenvalue weighted by atomic mass is 16.1. The monoisotopic (exact) mass is 245 g/mol. The summed E-state index contributed by atoms with van der Waals surface area (Å²) >= 11 is 0. The van der Waals surface area contributed by atoms with Gasteiger partial charge in [0.15, 0.2) is 0 Å². The van der Waals surface area contributed by atoms with Crippen LogP contribution in [0, 0.1) is 11.3 Å². The van der Waals surface area contributed by atoms with Crippen molar-refractivity contribution < 1.29 is 4.79 Å². The molecule has 0 aromatic heterocycles. The number of nitrogens with one attached hydrogen (secondary N) is 2. The molecule has 0 bridgehead atoms. The normalized spacial score (nSPS) is 10.1. The molecule has 2 N–H and O–H groups in total. The summed E-state index contributed by atoms with van der Waals surface area (Å²) in [5.41, 5.74) is 1.08. The number of para-hydroxylation sites is 1. The number of hydrogen-bond donors (Lipinski definition) is 2. The lowest BCUT2D eigenvalue weighted by atomic mass is 10.2. The molecule has 18 heavy (non-hydrogen) atoms. The summed E-state index contributed by atoms with van der Waals surface area (Å²) in [5, 5.41) is 14.9. The summed E-state index contributed by atoms with van der Waals surface area (Å²) in [7, 11) is 0. The highest BCUT2D eigenvalue weighted by Crippen LogP contribution is 2.13. The second kappa shape index (κ2) is 7.46. The largest absolute Gasteiger partial charge is 0.325 e. The van der Waals surface area contributed by atoms with Crippen molar-refractivity contribution >= 4 is 11.6 Å². The first-order valence-corrected chi connectivity index (χ1v) is 6.16. The van der Waals surface area contributed by atoms with Crippen molar-refractivity contribution in [3.63, 3.8) is 0 Å². The molecule has 0 saturated carbocycles. The number of rotatable bonds is 6. The number of nitriles is 1. The zero-order valence-electron chi connectivity index (χ0n) is 10.9. The molecule has 4 heteroatoms. The van der Waals surface area contributed by atoms with Gasteiger partial charge in [-0.15, -0.1) is 0 Å². The van der Waals surface area contributed by atoms with Gasteiger partial charge in [0.25, 0.3) is 0 Å². The first-order valence-electron chi connectivity index (χ1n) is 6.16. The van der Waals surface area contributed by atoms with Crippen LogP contribution in [0.3, 0.4) is 0 Å². The molecule has 0 heterocycles. The summed E-state index contributed by atoms with van der Waals surface area (Å²) in [4.78, 5) is 11.7. The van der Waals surface area contributed by atoms with E-state index in [2.05, 4.69) is 30.6 Å². The lowest BCUT2D eigenvalue weighted by Gasteiger charge is -2.08. The van der Waals surface area contributed by atoms with Crippen molar-refractivity contribution in [3.05, 3.63) is 29.8 Å². The average molecular weight is 245 g/mol. The van der Waals surface area contributed by atoms with E-state index in [4.69, 9.17) is 5.26 Å². The maximum atomic E-state index is 11.7. The van der Waals surface area contributed by atoms with Crippen molar-refractivity contribution in [1.29, 1.82) is 5.26 Å². The van der Waals surface area contributed by atoms with Crippen LogP contribution in [0.5, 0.6) is 0 Å². The van der Waals surface area contributed by atoms with E-state index >= 15 is 0 Å². The molecule has 0 aliphatic carbocycles. The van der Waals surface area contributed by atoms with Crippen LogP contribution in [0.2, 0.25) is 0 Å². The van der Waals surface area contributed by atoms with Gasteiger partial charge in [0.2, 0.25) is 5.91 Å². The standard InChI is InChI=1S/C14H19N3O/c1-11(2)16-9-5-8-14(18)17-13-7-4-3-6-12(13)10-15/h3-4,6-7,11,16H,5,8-9H2,1-2H3,(H,17,18). The lowest BCUT2D eigenvalue weighted by Crippen LogP contribution is -2.24. The van der Waals surface area contributed by atoms with E-state index in [0.29, 0.717) is 23.7 Å². The predicted octanol–water partition coefficient (Wildman–Crippen LogP) is 2.27. The van der Waals surface area contributed by atoms with Gasteiger partial charge in [0.1, 0.15) is 6.07 Å². The average Bonchev–Trinajstić information content (AvgIpc) is 2.35. The molecular formula is C14H19N3O.